The summed E-state index contributed by atoms with van der Waals surface area (Å²) in [5.74, 6) is 0.825. The van der Waals surface area contributed by atoms with Crippen molar-refractivity contribution in [2.24, 2.45) is 0 Å². The van der Waals surface area contributed by atoms with E-state index in [0.717, 1.165) is 70.8 Å². The number of hydrogen-bond acceptors (Lipinski definition) is 10. The zero-order valence-electron chi connectivity index (χ0n) is 70.0. The fourth-order valence-corrected chi connectivity index (χ4v) is 9.36. The van der Waals surface area contributed by atoms with Crippen molar-refractivity contribution >= 4 is 54.3 Å². The maximum atomic E-state index is 11.2. The molecule has 12 rings (SSSR count). The maximum Gasteiger partial charge on any atom is 0.262 e. The lowest BCUT2D eigenvalue weighted by Gasteiger charge is -2.16. The number of sulfonamides is 2. The number of benzene rings is 6. The minimum absolute atomic E-state index is 0.0619. The summed E-state index contributed by atoms with van der Waals surface area (Å²) in [6.07, 6.45) is 4.35. The Hall–Kier alpha value is -6.98. The standard InChI is InChI=1S/C9H9NO.C8H6N2.C8H7NO2.C8H9N.2C7H7NO2S.18C2H6/c11-9-8-4-2-1-3-7(8)5-6-10-9;1-2-4-8-7(3-1)9-5-6-10-8;10-8-5-11-7-4-2-1-3-6(7)9-8;1-2-4-8-6-9-5-7(8)3-1;9-11(10)5-6-3-1-2-4-7(6)8-11;9-11(10)7-4-2-1-3-6(7)5-8-11;18*1-2/h1-4H,5-6H2,(H,10,11);1-6H;1-4H,5H2,(H,9,10);1-4,9H,5-6H2;2*1-4,8H,5H2;18*1-2H3. The molecule has 7 aromatic rings. The topological polar surface area (TPSA) is 198 Å². The summed E-state index contributed by atoms with van der Waals surface area (Å²) < 4.78 is 54.2. The number of anilines is 2. The van der Waals surface area contributed by atoms with Gasteiger partial charge in [-0.2, -0.15) is 0 Å². The van der Waals surface area contributed by atoms with Gasteiger partial charge in [0, 0.05) is 44.1 Å². The smallest absolute Gasteiger partial charge is 0.262 e. The van der Waals surface area contributed by atoms with Gasteiger partial charge in [-0.15, -0.1) is 0 Å². The summed E-state index contributed by atoms with van der Waals surface area (Å²) in [7, 11) is -6.21. The monoisotopic (exact) mass is 1420 g/mol. The molecule has 16 heteroatoms. The molecule has 0 saturated carbocycles. The predicted octanol–water partition coefficient (Wildman–Crippen LogP) is 24.8. The Labute approximate surface area is 613 Å². The molecule has 574 valence electrons. The van der Waals surface area contributed by atoms with Gasteiger partial charge >= 0.3 is 0 Å². The highest BCUT2D eigenvalue weighted by Crippen LogP contribution is 2.27. The first-order chi connectivity index (χ1) is 48.5. The van der Waals surface area contributed by atoms with Crippen molar-refractivity contribution in [3.63, 3.8) is 0 Å². The van der Waals surface area contributed by atoms with Crippen LogP contribution in [0.5, 0.6) is 5.75 Å². The average molecular weight is 1430 g/mol. The largest absolute Gasteiger partial charge is 0.482 e. The third kappa shape index (κ3) is 56.5. The first-order valence-electron chi connectivity index (χ1n) is 38.0. The molecule has 5 aliphatic rings. The van der Waals surface area contributed by atoms with Crippen LogP contribution in [-0.4, -0.2) is 51.8 Å². The molecule has 1 aromatic heterocycles. The molecule has 99 heavy (non-hydrogen) atoms. The second-order valence-electron chi connectivity index (χ2n) is 14.4. The van der Waals surface area contributed by atoms with Crippen LogP contribution in [0.2, 0.25) is 0 Å². The normalized spacial score (nSPS) is 11.2. The second-order valence-corrected chi connectivity index (χ2v) is 17.8. The number of amides is 2. The Kier molecular flexibility index (Phi) is 114. The summed E-state index contributed by atoms with van der Waals surface area (Å²) in [6.45, 7) is 75.4. The molecular formula is C83H153N7O7S2. The number of para-hydroxylation sites is 5. The van der Waals surface area contributed by atoms with Crippen LogP contribution in [0.25, 0.3) is 11.0 Å². The van der Waals surface area contributed by atoms with E-state index in [2.05, 4.69) is 59.6 Å². The Morgan fingerprint density at radius 1 is 0.374 bits per heavy atom. The number of ether oxygens (including phenoxy) is 1. The van der Waals surface area contributed by atoms with Gasteiger partial charge in [-0.25, -0.2) is 21.6 Å². The van der Waals surface area contributed by atoms with E-state index >= 15 is 0 Å². The Bertz CT molecular complexity index is 2840. The van der Waals surface area contributed by atoms with E-state index in [0.29, 0.717) is 17.1 Å². The van der Waals surface area contributed by atoms with E-state index < -0.39 is 20.0 Å². The summed E-state index contributed by atoms with van der Waals surface area (Å²) in [6, 6.07) is 45.6. The van der Waals surface area contributed by atoms with Crippen molar-refractivity contribution in [3.8, 4) is 5.75 Å². The third-order valence-electron chi connectivity index (χ3n) is 9.93. The molecule has 0 unspecified atom stereocenters. The summed E-state index contributed by atoms with van der Waals surface area (Å²) in [4.78, 5) is 30.6. The van der Waals surface area contributed by atoms with Crippen LogP contribution in [0.4, 0.5) is 11.4 Å². The van der Waals surface area contributed by atoms with Crippen LogP contribution in [-0.2, 0) is 56.6 Å². The summed E-state index contributed by atoms with van der Waals surface area (Å²) in [5, 5.41) is 8.78. The molecule has 14 nitrogen and oxygen atoms in total. The van der Waals surface area contributed by atoms with Crippen molar-refractivity contribution in [2.45, 2.75) is 286 Å². The number of hydrogen-bond donors (Lipinski definition) is 5. The van der Waals surface area contributed by atoms with E-state index in [1.807, 2.05) is 352 Å². The van der Waals surface area contributed by atoms with E-state index in [1.165, 1.54) is 11.1 Å². The molecule has 5 aliphatic heterocycles. The number of fused-ring (bicyclic) bond motifs is 6. The van der Waals surface area contributed by atoms with Crippen molar-refractivity contribution in [2.75, 3.05) is 23.2 Å². The molecule has 5 N–H and O–H groups in total. The molecule has 6 aromatic carbocycles. The van der Waals surface area contributed by atoms with Gasteiger partial charge in [0.25, 0.3) is 11.8 Å². The van der Waals surface area contributed by atoms with Gasteiger partial charge in [-0.05, 0) is 76.7 Å². The van der Waals surface area contributed by atoms with Crippen LogP contribution < -0.4 is 30.1 Å². The number of carbonyl (C=O) groups excluding carboxylic acids is 2. The minimum Gasteiger partial charge on any atom is -0.482 e. The quantitative estimate of drug-likeness (QED) is 0.0974. The molecule has 0 bridgehead atoms. The molecular weight excluding hydrogens is 1270 g/mol. The van der Waals surface area contributed by atoms with Crippen LogP contribution in [0.1, 0.15) is 287 Å². The molecule has 0 atom stereocenters. The highest BCUT2D eigenvalue weighted by molar-refractivity contribution is 7.92. The fourth-order valence-electron chi connectivity index (χ4n) is 6.85. The molecule has 0 saturated heterocycles. The summed E-state index contributed by atoms with van der Waals surface area (Å²) >= 11 is 0. The van der Waals surface area contributed by atoms with E-state index in [1.54, 1.807) is 30.6 Å². The Morgan fingerprint density at radius 2 is 0.727 bits per heavy atom. The highest BCUT2D eigenvalue weighted by Gasteiger charge is 2.24. The van der Waals surface area contributed by atoms with Crippen LogP contribution in [0.15, 0.2) is 163 Å². The van der Waals surface area contributed by atoms with Gasteiger partial charge in [0.1, 0.15) is 5.75 Å². The van der Waals surface area contributed by atoms with E-state index in [-0.39, 0.29) is 24.2 Å². The molecule has 6 heterocycles. The van der Waals surface area contributed by atoms with Gasteiger partial charge < -0.3 is 20.7 Å². The van der Waals surface area contributed by atoms with Crippen LogP contribution in [0, 0.1) is 0 Å². The van der Waals surface area contributed by atoms with Crippen molar-refractivity contribution < 1.29 is 31.2 Å². The van der Waals surface area contributed by atoms with Gasteiger partial charge in [0.15, 0.2) is 6.61 Å². The lowest BCUT2D eigenvalue weighted by Crippen LogP contribution is -2.31. The first kappa shape index (κ1) is 119. The van der Waals surface area contributed by atoms with Crippen molar-refractivity contribution in [1.82, 2.24) is 25.3 Å². The Balaban J connectivity index is -0.0000000840. The van der Waals surface area contributed by atoms with Crippen molar-refractivity contribution in [1.29, 1.82) is 0 Å². The lowest BCUT2D eigenvalue weighted by molar-refractivity contribution is -0.118. The lowest BCUT2D eigenvalue weighted by atomic mass is 10.0. The highest BCUT2D eigenvalue weighted by atomic mass is 32.2. The van der Waals surface area contributed by atoms with Gasteiger partial charge in [0.2, 0.25) is 20.0 Å². The Morgan fingerprint density at radius 3 is 1.14 bits per heavy atom. The average Bonchev–Trinajstić information content (AvgIpc) is 1.69. The number of rotatable bonds is 0. The molecule has 0 spiro atoms. The second kappa shape index (κ2) is 95.2. The fraction of sp³-hybridized carbons (Fsp3) is 0.518. The van der Waals surface area contributed by atoms with Crippen LogP contribution in [0.3, 0.4) is 0 Å². The summed E-state index contributed by atoms with van der Waals surface area (Å²) in [5.41, 5.74) is 9.98. The zero-order valence-corrected chi connectivity index (χ0v) is 71.7. The van der Waals surface area contributed by atoms with Crippen LogP contribution >= 0.6 is 0 Å². The van der Waals surface area contributed by atoms with Gasteiger partial charge in [-0.1, -0.05) is 352 Å². The molecule has 0 radical (unpaired) electrons. The maximum absolute atomic E-state index is 11.2. The zero-order chi connectivity index (χ0) is 80.1. The van der Waals surface area contributed by atoms with Gasteiger partial charge in [-0.3, -0.25) is 24.3 Å². The number of nitrogens with one attached hydrogen (secondary N) is 5. The molecule has 0 aliphatic carbocycles. The van der Waals surface area contributed by atoms with E-state index in [9.17, 15) is 26.4 Å². The molecule has 0 fully saturated rings. The minimum atomic E-state index is -3.16. The number of carbonyl (C=O) groups is 2. The first-order valence-corrected chi connectivity index (χ1v) is 41.2. The number of nitrogens with zero attached hydrogens (tertiary/aromatic N) is 2. The van der Waals surface area contributed by atoms with Crippen molar-refractivity contribution in [3.05, 3.63) is 191 Å². The van der Waals surface area contributed by atoms with E-state index in [4.69, 9.17) is 4.74 Å². The SMILES string of the molecule is CC.CC.CC.CC.CC.CC.CC.CC.CC.CC.CC.CC.CC.CC.CC.CC.CC.CC.O=C1COc2ccccc2N1.O=C1NCCc2ccccc21.O=S1(=O)Cc2ccccc2N1.O=S1(=O)NCc2ccccc21.c1ccc2c(c1)CNC2.c1ccc2nccnc2c1. The third-order valence-corrected chi connectivity index (χ3v) is 12.7. The molecule has 2 amide bonds. The predicted molar refractivity (Wildman–Crippen MR) is 447 cm³/mol. The number of aromatic nitrogens is 2. The van der Waals surface area contributed by atoms with Gasteiger partial charge in [0.05, 0.1) is 33.1 Å².